The molecule has 0 spiro atoms. The number of aryl methyl sites for hydroxylation is 1. The van der Waals surface area contributed by atoms with Gasteiger partial charge in [-0.05, 0) is 42.5 Å². The van der Waals surface area contributed by atoms with E-state index in [1.165, 1.54) is 6.07 Å². The van der Waals surface area contributed by atoms with Crippen LogP contribution in [0.4, 0.5) is 8.78 Å². The summed E-state index contributed by atoms with van der Waals surface area (Å²) in [6, 6.07) is 4.82. The second-order valence-corrected chi connectivity index (χ2v) is 4.79. The van der Waals surface area contributed by atoms with Gasteiger partial charge in [-0.25, -0.2) is 0 Å². The predicted octanol–water partition coefficient (Wildman–Crippen LogP) is 2.55. The third kappa shape index (κ3) is 4.82. The molecule has 7 heteroatoms. The van der Waals surface area contributed by atoms with Crippen molar-refractivity contribution in [3.63, 3.8) is 0 Å². The molecule has 0 fully saturated rings. The number of halogens is 3. The Morgan fingerprint density at radius 2 is 2.24 bits per heavy atom. The van der Waals surface area contributed by atoms with E-state index in [0.717, 1.165) is 30.4 Å². The monoisotopic (exact) mass is 320 g/mol. The molecule has 1 aromatic carbocycles. The second kappa shape index (κ2) is 8.14. The minimum absolute atomic E-state index is 0. The van der Waals surface area contributed by atoms with Crippen LogP contribution < -0.4 is 15.8 Å². The average Bonchev–Trinajstić information content (AvgIpc) is 2.38. The summed E-state index contributed by atoms with van der Waals surface area (Å²) < 4.78 is 28.8. The lowest BCUT2D eigenvalue weighted by molar-refractivity contribution is -0.121. The predicted molar refractivity (Wildman–Crippen MR) is 77.8 cm³/mol. The van der Waals surface area contributed by atoms with Gasteiger partial charge in [-0.1, -0.05) is 6.07 Å². The van der Waals surface area contributed by atoms with Crippen molar-refractivity contribution in [2.24, 2.45) is 5.73 Å². The lowest BCUT2D eigenvalue weighted by atomic mass is 9.87. The number of alkyl halides is 2. The Morgan fingerprint density at radius 1 is 1.48 bits per heavy atom. The van der Waals surface area contributed by atoms with Crippen LogP contribution in [0, 0.1) is 0 Å². The SMILES string of the molecule is Cl.NCCC(=O)NC1CCCc2cc(OC(F)F)ccc21. The fourth-order valence-corrected chi connectivity index (χ4v) is 2.51. The highest BCUT2D eigenvalue weighted by Gasteiger charge is 2.22. The normalized spacial score (nSPS) is 16.9. The minimum Gasteiger partial charge on any atom is -0.435 e. The summed E-state index contributed by atoms with van der Waals surface area (Å²) >= 11 is 0. The van der Waals surface area contributed by atoms with E-state index in [4.69, 9.17) is 5.73 Å². The molecular formula is C14H19ClF2N2O2. The first-order valence-corrected chi connectivity index (χ1v) is 6.67. The summed E-state index contributed by atoms with van der Waals surface area (Å²) in [5, 5.41) is 2.93. The van der Waals surface area contributed by atoms with Gasteiger partial charge in [-0.15, -0.1) is 12.4 Å². The van der Waals surface area contributed by atoms with Crippen LogP contribution in [-0.2, 0) is 11.2 Å². The molecule has 2 rings (SSSR count). The van der Waals surface area contributed by atoms with Gasteiger partial charge in [0.05, 0.1) is 6.04 Å². The number of amides is 1. The van der Waals surface area contributed by atoms with Crippen LogP contribution in [-0.4, -0.2) is 19.1 Å². The molecule has 1 aromatic rings. The Kier molecular flexibility index (Phi) is 6.84. The van der Waals surface area contributed by atoms with Gasteiger partial charge in [0, 0.05) is 13.0 Å². The number of hydrogen-bond donors (Lipinski definition) is 2. The highest BCUT2D eigenvalue weighted by Crippen LogP contribution is 2.32. The largest absolute Gasteiger partial charge is 0.435 e. The second-order valence-electron chi connectivity index (χ2n) is 4.79. The third-order valence-electron chi connectivity index (χ3n) is 3.36. The Bertz CT molecular complexity index is 486. The summed E-state index contributed by atoms with van der Waals surface area (Å²) in [6.07, 6.45) is 2.84. The van der Waals surface area contributed by atoms with Gasteiger partial charge in [0.1, 0.15) is 5.75 Å². The number of nitrogens with two attached hydrogens (primary N) is 1. The molecule has 4 nitrogen and oxygen atoms in total. The number of fused-ring (bicyclic) bond motifs is 1. The van der Waals surface area contributed by atoms with Gasteiger partial charge >= 0.3 is 6.61 Å². The molecule has 21 heavy (non-hydrogen) atoms. The quantitative estimate of drug-likeness (QED) is 0.876. The molecule has 0 bridgehead atoms. The van der Waals surface area contributed by atoms with E-state index in [-0.39, 0.29) is 30.1 Å². The van der Waals surface area contributed by atoms with E-state index >= 15 is 0 Å². The summed E-state index contributed by atoms with van der Waals surface area (Å²) in [7, 11) is 0. The summed E-state index contributed by atoms with van der Waals surface area (Å²) in [4.78, 5) is 11.6. The van der Waals surface area contributed by atoms with Gasteiger partial charge < -0.3 is 15.8 Å². The number of rotatable bonds is 5. The first kappa shape index (κ1) is 17.7. The van der Waals surface area contributed by atoms with Crippen molar-refractivity contribution in [2.45, 2.75) is 38.3 Å². The fraction of sp³-hybridized carbons (Fsp3) is 0.500. The molecule has 1 unspecified atom stereocenters. The highest BCUT2D eigenvalue weighted by atomic mass is 35.5. The molecule has 1 aliphatic carbocycles. The molecule has 3 N–H and O–H groups in total. The van der Waals surface area contributed by atoms with E-state index in [2.05, 4.69) is 10.1 Å². The number of benzene rings is 1. The maximum absolute atomic E-state index is 12.2. The van der Waals surface area contributed by atoms with Crippen molar-refractivity contribution in [3.8, 4) is 5.75 Å². The van der Waals surface area contributed by atoms with Gasteiger partial charge in [0.2, 0.25) is 5.91 Å². The summed E-state index contributed by atoms with van der Waals surface area (Å²) in [5.41, 5.74) is 7.27. The molecule has 0 heterocycles. The van der Waals surface area contributed by atoms with Crippen molar-refractivity contribution in [1.82, 2.24) is 5.32 Å². The Morgan fingerprint density at radius 3 is 2.90 bits per heavy atom. The van der Waals surface area contributed by atoms with E-state index in [0.29, 0.717) is 13.0 Å². The van der Waals surface area contributed by atoms with Crippen LogP contribution in [0.25, 0.3) is 0 Å². The summed E-state index contributed by atoms with van der Waals surface area (Å²) in [6.45, 7) is -2.51. The first-order chi connectivity index (χ1) is 9.60. The minimum atomic E-state index is -2.82. The van der Waals surface area contributed by atoms with Crippen LogP contribution in [0.15, 0.2) is 18.2 Å². The number of hydrogen-bond acceptors (Lipinski definition) is 3. The Labute approximate surface area is 128 Å². The average molecular weight is 321 g/mol. The van der Waals surface area contributed by atoms with Gasteiger partial charge in [-0.3, -0.25) is 4.79 Å². The molecule has 0 saturated carbocycles. The van der Waals surface area contributed by atoms with E-state index < -0.39 is 6.61 Å². The molecule has 0 aliphatic heterocycles. The highest BCUT2D eigenvalue weighted by molar-refractivity contribution is 5.85. The molecule has 1 amide bonds. The molecule has 118 valence electrons. The zero-order valence-electron chi connectivity index (χ0n) is 11.5. The zero-order chi connectivity index (χ0) is 14.5. The Balaban J connectivity index is 0.00000220. The van der Waals surface area contributed by atoms with Crippen LogP contribution in [0.5, 0.6) is 5.75 Å². The molecular weight excluding hydrogens is 302 g/mol. The van der Waals surface area contributed by atoms with Gasteiger partial charge in [0.15, 0.2) is 0 Å². The van der Waals surface area contributed by atoms with Crippen LogP contribution in [0.2, 0.25) is 0 Å². The van der Waals surface area contributed by atoms with Crippen LogP contribution >= 0.6 is 12.4 Å². The molecule has 0 aromatic heterocycles. The molecule has 0 radical (unpaired) electrons. The first-order valence-electron chi connectivity index (χ1n) is 6.67. The van der Waals surface area contributed by atoms with Crippen molar-refractivity contribution in [2.75, 3.05) is 6.54 Å². The lowest BCUT2D eigenvalue weighted by Crippen LogP contribution is -2.32. The van der Waals surface area contributed by atoms with E-state index in [1.54, 1.807) is 12.1 Å². The molecule has 1 aliphatic rings. The topological polar surface area (TPSA) is 64.4 Å². The zero-order valence-corrected chi connectivity index (χ0v) is 12.3. The lowest BCUT2D eigenvalue weighted by Gasteiger charge is -2.27. The van der Waals surface area contributed by atoms with Crippen molar-refractivity contribution in [1.29, 1.82) is 0 Å². The standard InChI is InChI=1S/C14H18F2N2O2.ClH/c15-14(16)20-10-4-5-11-9(8-10)2-1-3-12(11)18-13(19)6-7-17;/h4-5,8,12,14H,1-3,6-7,17H2,(H,18,19);1H. The van der Waals surface area contributed by atoms with Crippen LogP contribution in [0.3, 0.4) is 0 Å². The van der Waals surface area contributed by atoms with E-state index in [9.17, 15) is 13.6 Å². The van der Waals surface area contributed by atoms with Crippen molar-refractivity contribution in [3.05, 3.63) is 29.3 Å². The molecule has 1 atom stereocenters. The smallest absolute Gasteiger partial charge is 0.387 e. The summed E-state index contributed by atoms with van der Waals surface area (Å²) in [5.74, 6) is 0.0749. The number of carbonyl (C=O) groups is 1. The number of carbonyl (C=O) groups excluding carboxylic acids is 1. The Hall–Kier alpha value is -1.40. The fourth-order valence-electron chi connectivity index (χ4n) is 2.51. The number of ether oxygens (including phenoxy) is 1. The van der Waals surface area contributed by atoms with Crippen molar-refractivity contribution < 1.29 is 18.3 Å². The third-order valence-corrected chi connectivity index (χ3v) is 3.36. The van der Waals surface area contributed by atoms with Gasteiger partial charge in [0.25, 0.3) is 0 Å². The maximum atomic E-state index is 12.2. The van der Waals surface area contributed by atoms with Crippen molar-refractivity contribution >= 4 is 18.3 Å². The van der Waals surface area contributed by atoms with E-state index in [1.807, 2.05) is 0 Å². The van der Waals surface area contributed by atoms with Crippen LogP contribution in [0.1, 0.15) is 36.4 Å². The van der Waals surface area contributed by atoms with Gasteiger partial charge in [-0.2, -0.15) is 8.78 Å². The number of nitrogens with one attached hydrogen (secondary N) is 1. The molecule has 0 saturated heterocycles. The maximum Gasteiger partial charge on any atom is 0.387 e.